The van der Waals surface area contributed by atoms with Crippen molar-refractivity contribution < 1.29 is 14.4 Å². The van der Waals surface area contributed by atoms with Gasteiger partial charge in [0.15, 0.2) is 0 Å². The fourth-order valence-corrected chi connectivity index (χ4v) is 2.91. The molecule has 7 nitrogen and oxygen atoms in total. The van der Waals surface area contributed by atoms with E-state index in [1.807, 2.05) is 0 Å². The van der Waals surface area contributed by atoms with E-state index in [9.17, 15) is 14.4 Å². The molecule has 3 N–H and O–H groups in total. The van der Waals surface area contributed by atoms with Gasteiger partial charge in [-0.25, -0.2) is 4.79 Å². The van der Waals surface area contributed by atoms with Crippen molar-refractivity contribution in [2.24, 2.45) is 0 Å². The van der Waals surface area contributed by atoms with Gasteiger partial charge >= 0.3 is 6.03 Å². The maximum atomic E-state index is 12.6. The zero-order chi connectivity index (χ0) is 17.8. The Morgan fingerprint density at radius 2 is 1.88 bits per heavy atom. The van der Waals surface area contributed by atoms with Crippen molar-refractivity contribution in [1.82, 2.24) is 15.5 Å². The summed E-state index contributed by atoms with van der Waals surface area (Å²) in [4.78, 5) is 37.9. The molecule has 2 fully saturated rings. The number of benzene rings is 1. The van der Waals surface area contributed by atoms with E-state index in [2.05, 4.69) is 16.0 Å². The third-order valence-corrected chi connectivity index (χ3v) is 4.45. The van der Waals surface area contributed by atoms with Gasteiger partial charge in [0.05, 0.1) is 12.1 Å². The molecule has 0 unspecified atom stereocenters. The summed E-state index contributed by atoms with van der Waals surface area (Å²) in [6, 6.07) is 4.61. The minimum Gasteiger partial charge on any atom is -0.375 e. The van der Waals surface area contributed by atoms with Gasteiger partial charge in [0, 0.05) is 29.8 Å². The zero-order valence-electron chi connectivity index (χ0n) is 13.8. The van der Waals surface area contributed by atoms with Crippen LogP contribution in [0.3, 0.4) is 0 Å². The molecule has 1 aromatic rings. The van der Waals surface area contributed by atoms with Crippen molar-refractivity contribution in [3.63, 3.8) is 0 Å². The maximum absolute atomic E-state index is 12.6. The minimum atomic E-state index is -0.492. The van der Waals surface area contributed by atoms with Crippen LogP contribution in [0.1, 0.15) is 36.0 Å². The fraction of sp³-hybridized carbons (Fsp3) is 0.471. The Morgan fingerprint density at radius 1 is 1.16 bits per heavy atom. The third-order valence-electron chi connectivity index (χ3n) is 4.21. The molecule has 1 saturated heterocycles. The van der Waals surface area contributed by atoms with E-state index >= 15 is 0 Å². The summed E-state index contributed by atoms with van der Waals surface area (Å²) in [5.41, 5.74) is 0.962. The smallest absolute Gasteiger partial charge is 0.321 e. The molecule has 0 aromatic heterocycles. The van der Waals surface area contributed by atoms with E-state index in [-0.39, 0.29) is 18.5 Å². The zero-order valence-corrected chi connectivity index (χ0v) is 14.6. The van der Waals surface area contributed by atoms with Gasteiger partial charge in [-0.15, -0.1) is 0 Å². The maximum Gasteiger partial charge on any atom is 0.321 e. The molecule has 1 heterocycles. The molecule has 8 heteroatoms. The highest BCUT2D eigenvalue weighted by atomic mass is 35.5. The second-order valence-electron chi connectivity index (χ2n) is 6.34. The Kier molecular flexibility index (Phi) is 5.43. The lowest BCUT2D eigenvalue weighted by atomic mass is 10.1. The number of amides is 4. The third kappa shape index (κ3) is 4.85. The van der Waals surface area contributed by atoms with Crippen molar-refractivity contribution in [3.8, 4) is 0 Å². The van der Waals surface area contributed by atoms with E-state index in [0.29, 0.717) is 16.3 Å². The average molecular weight is 365 g/mol. The van der Waals surface area contributed by atoms with Crippen LogP contribution in [0, 0.1) is 0 Å². The monoisotopic (exact) mass is 364 g/mol. The Hall–Kier alpha value is -2.28. The molecule has 2 aliphatic rings. The molecule has 0 bridgehead atoms. The summed E-state index contributed by atoms with van der Waals surface area (Å²) in [7, 11) is 0. The quantitative estimate of drug-likeness (QED) is 0.745. The summed E-state index contributed by atoms with van der Waals surface area (Å²) in [5, 5.41) is 8.31. The van der Waals surface area contributed by atoms with Gasteiger partial charge < -0.3 is 15.5 Å². The topological polar surface area (TPSA) is 90.5 Å². The molecular formula is C17H21ClN4O3. The molecular weight excluding hydrogens is 344 g/mol. The normalized spacial score (nSPS) is 16.4. The van der Waals surface area contributed by atoms with Crippen molar-refractivity contribution >= 4 is 35.1 Å². The lowest BCUT2D eigenvalue weighted by Gasteiger charge is -2.18. The number of nitrogens with one attached hydrogen (secondary N) is 3. The van der Waals surface area contributed by atoms with Gasteiger partial charge in [-0.1, -0.05) is 11.6 Å². The van der Waals surface area contributed by atoms with Gasteiger partial charge in [0.25, 0.3) is 5.91 Å². The van der Waals surface area contributed by atoms with Crippen LogP contribution in [0.4, 0.5) is 10.5 Å². The van der Waals surface area contributed by atoms with Gasteiger partial charge in [0.1, 0.15) is 0 Å². The second kappa shape index (κ2) is 7.74. The van der Waals surface area contributed by atoms with Crippen molar-refractivity contribution in [3.05, 3.63) is 28.8 Å². The number of rotatable bonds is 5. The lowest BCUT2D eigenvalue weighted by Crippen LogP contribution is -2.42. The summed E-state index contributed by atoms with van der Waals surface area (Å²) in [6.45, 7) is 1.35. The number of halogens is 1. The van der Waals surface area contributed by atoms with E-state index in [4.69, 9.17) is 11.6 Å². The second-order valence-corrected chi connectivity index (χ2v) is 6.78. The van der Waals surface area contributed by atoms with Gasteiger partial charge in [0.2, 0.25) is 5.91 Å². The molecule has 0 spiro atoms. The summed E-state index contributed by atoms with van der Waals surface area (Å²) in [5.74, 6) is -0.554. The molecule has 1 aromatic carbocycles. The molecule has 0 atom stereocenters. The Labute approximate surface area is 151 Å². The highest BCUT2D eigenvalue weighted by Crippen LogP contribution is 2.24. The number of carbonyl (C=O) groups excluding carboxylic acids is 3. The van der Waals surface area contributed by atoms with E-state index in [0.717, 1.165) is 38.8 Å². The number of urea groups is 1. The number of hydrogen-bond donors (Lipinski definition) is 3. The Bertz CT molecular complexity index is 684. The van der Waals surface area contributed by atoms with Gasteiger partial charge in [-0.05, 0) is 43.9 Å². The first-order valence-corrected chi connectivity index (χ1v) is 8.84. The van der Waals surface area contributed by atoms with Gasteiger partial charge in [-0.2, -0.15) is 0 Å². The number of imide groups is 1. The van der Waals surface area contributed by atoms with E-state index < -0.39 is 11.9 Å². The van der Waals surface area contributed by atoms with Crippen molar-refractivity contribution in [1.29, 1.82) is 0 Å². The molecule has 0 radical (unpaired) electrons. The standard InChI is InChI=1S/C17H21ClN4O3/c18-11-3-6-13(16(24)22-7-1-2-8-22)14(9-11)19-10-15(23)21-17(25)20-12-4-5-12/h3,6,9,12,19H,1-2,4-5,7-8,10H2,(H2,20,21,23,25). The average Bonchev–Trinajstić information content (AvgIpc) is 3.21. The van der Waals surface area contributed by atoms with Crippen molar-refractivity contribution in [2.75, 3.05) is 25.0 Å². The molecule has 3 rings (SSSR count). The van der Waals surface area contributed by atoms with Crippen LogP contribution in [-0.4, -0.2) is 48.4 Å². The predicted octanol–water partition coefficient (Wildman–Crippen LogP) is 1.98. The summed E-state index contributed by atoms with van der Waals surface area (Å²) in [6.07, 6.45) is 3.90. The summed E-state index contributed by atoms with van der Waals surface area (Å²) >= 11 is 6.02. The number of nitrogens with zero attached hydrogens (tertiary/aromatic N) is 1. The summed E-state index contributed by atoms with van der Waals surface area (Å²) < 4.78 is 0. The predicted molar refractivity (Wildman–Crippen MR) is 94.8 cm³/mol. The van der Waals surface area contributed by atoms with E-state index in [1.54, 1.807) is 23.1 Å². The molecule has 25 heavy (non-hydrogen) atoms. The van der Waals surface area contributed by atoms with Crippen molar-refractivity contribution in [2.45, 2.75) is 31.7 Å². The Morgan fingerprint density at radius 3 is 2.56 bits per heavy atom. The van der Waals surface area contributed by atoms with Gasteiger partial charge in [-0.3, -0.25) is 14.9 Å². The number of hydrogen-bond acceptors (Lipinski definition) is 4. The first-order chi connectivity index (χ1) is 12.0. The fourth-order valence-electron chi connectivity index (χ4n) is 2.74. The molecule has 1 aliphatic heterocycles. The number of carbonyl (C=O) groups is 3. The highest BCUT2D eigenvalue weighted by molar-refractivity contribution is 6.31. The van der Waals surface area contributed by atoms with Crippen LogP contribution in [0.5, 0.6) is 0 Å². The molecule has 1 saturated carbocycles. The van der Waals surface area contributed by atoms with Crippen LogP contribution in [0.2, 0.25) is 5.02 Å². The number of anilines is 1. The van der Waals surface area contributed by atoms with Crippen LogP contribution in [0.25, 0.3) is 0 Å². The largest absolute Gasteiger partial charge is 0.375 e. The molecule has 4 amide bonds. The van der Waals surface area contributed by atoms with Crippen LogP contribution in [0.15, 0.2) is 18.2 Å². The molecule has 1 aliphatic carbocycles. The first-order valence-electron chi connectivity index (χ1n) is 8.46. The molecule has 134 valence electrons. The minimum absolute atomic E-state index is 0.0800. The van der Waals surface area contributed by atoms with E-state index in [1.165, 1.54) is 0 Å². The Balaban J connectivity index is 1.60. The van der Waals surface area contributed by atoms with Crippen LogP contribution in [-0.2, 0) is 4.79 Å². The first kappa shape index (κ1) is 17.5. The SMILES string of the molecule is O=C(CNc1cc(Cl)ccc1C(=O)N1CCCC1)NC(=O)NC1CC1. The van der Waals surface area contributed by atoms with Crippen LogP contribution >= 0.6 is 11.6 Å². The highest BCUT2D eigenvalue weighted by Gasteiger charge is 2.24. The number of likely N-dealkylation sites (tertiary alicyclic amines) is 1. The lowest BCUT2D eigenvalue weighted by molar-refractivity contribution is -0.118. The van der Waals surface area contributed by atoms with Crippen LogP contribution < -0.4 is 16.0 Å².